The first-order valence-electron chi connectivity index (χ1n) is 5.69. The maximum absolute atomic E-state index is 11.7. The highest BCUT2D eigenvalue weighted by Crippen LogP contribution is 2.22. The number of carbonyl (C=O) groups is 2. The van der Waals surface area contributed by atoms with E-state index in [1.165, 1.54) is 6.20 Å². The Morgan fingerprint density at radius 2 is 2.11 bits per heavy atom. The molecule has 6 nitrogen and oxygen atoms in total. The smallest absolute Gasteiger partial charge is 0.307 e. The maximum Gasteiger partial charge on any atom is 0.307 e. The highest BCUT2D eigenvalue weighted by molar-refractivity contribution is 5.90. The molecule has 1 aromatic rings. The largest absolute Gasteiger partial charge is 0.481 e. The highest BCUT2D eigenvalue weighted by atomic mass is 16.4. The number of aromatic nitrogens is 1. The number of carbonyl (C=O) groups excluding carboxylic acids is 1. The van der Waals surface area contributed by atoms with Crippen molar-refractivity contribution in [2.45, 2.75) is 45.6 Å². The van der Waals surface area contributed by atoms with Crippen molar-refractivity contribution in [2.24, 2.45) is 0 Å². The summed E-state index contributed by atoms with van der Waals surface area (Å²) in [7, 11) is 0. The van der Waals surface area contributed by atoms with Crippen LogP contribution in [0.5, 0.6) is 0 Å². The Hall–Kier alpha value is -1.85. The van der Waals surface area contributed by atoms with Gasteiger partial charge < -0.3 is 14.8 Å². The zero-order chi connectivity index (χ0) is 13.9. The van der Waals surface area contributed by atoms with Crippen molar-refractivity contribution in [2.75, 3.05) is 0 Å². The lowest BCUT2D eigenvalue weighted by Gasteiger charge is -2.13. The van der Waals surface area contributed by atoms with E-state index in [0.29, 0.717) is 5.76 Å². The van der Waals surface area contributed by atoms with Crippen molar-refractivity contribution >= 4 is 11.9 Å². The van der Waals surface area contributed by atoms with E-state index >= 15 is 0 Å². The Morgan fingerprint density at radius 3 is 2.56 bits per heavy atom. The quantitative estimate of drug-likeness (QED) is 0.850. The molecule has 100 valence electrons. The van der Waals surface area contributed by atoms with E-state index in [2.05, 4.69) is 10.3 Å². The second-order valence-corrected chi connectivity index (χ2v) is 5.25. The first kappa shape index (κ1) is 14.2. The van der Waals surface area contributed by atoms with Gasteiger partial charge in [0.15, 0.2) is 0 Å². The summed E-state index contributed by atoms with van der Waals surface area (Å²) >= 11 is 0. The van der Waals surface area contributed by atoms with Crippen LogP contribution in [0.15, 0.2) is 10.6 Å². The minimum Gasteiger partial charge on any atom is -0.481 e. The number of nitrogens with zero attached hydrogens (tertiary/aromatic N) is 1. The third kappa shape index (κ3) is 3.87. The number of oxazole rings is 1. The molecule has 0 spiro atoms. The van der Waals surface area contributed by atoms with Crippen LogP contribution in [0.2, 0.25) is 0 Å². The topological polar surface area (TPSA) is 92.4 Å². The van der Waals surface area contributed by atoms with Crippen LogP contribution in [0.4, 0.5) is 0 Å². The van der Waals surface area contributed by atoms with E-state index in [1.807, 2.05) is 20.8 Å². The van der Waals surface area contributed by atoms with Crippen LogP contribution in [0.3, 0.4) is 0 Å². The summed E-state index contributed by atoms with van der Waals surface area (Å²) in [5.41, 5.74) is -0.224. The molecule has 1 aromatic heterocycles. The van der Waals surface area contributed by atoms with Gasteiger partial charge in [-0.05, 0) is 6.92 Å². The summed E-state index contributed by atoms with van der Waals surface area (Å²) in [6.45, 7) is 7.45. The summed E-state index contributed by atoms with van der Waals surface area (Å²) in [6, 6.07) is -0.472. The number of amides is 1. The minimum atomic E-state index is -0.967. The fourth-order valence-corrected chi connectivity index (χ4v) is 1.32. The highest BCUT2D eigenvalue weighted by Gasteiger charge is 2.22. The molecule has 0 aliphatic carbocycles. The van der Waals surface area contributed by atoms with E-state index in [0.717, 1.165) is 0 Å². The molecule has 1 unspecified atom stereocenters. The Morgan fingerprint density at radius 1 is 1.50 bits per heavy atom. The van der Waals surface area contributed by atoms with Crippen molar-refractivity contribution in [1.29, 1.82) is 0 Å². The molecule has 0 saturated carbocycles. The fourth-order valence-electron chi connectivity index (χ4n) is 1.32. The van der Waals surface area contributed by atoms with Crippen LogP contribution in [0, 0.1) is 0 Å². The Labute approximate surface area is 105 Å². The van der Waals surface area contributed by atoms with E-state index in [4.69, 9.17) is 9.52 Å². The van der Waals surface area contributed by atoms with Crippen molar-refractivity contribution in [3.05, 3.63) is 17.8 Å². The molecule has 1 amide bonds. The second-order valence-electron chi connectivity index (χ2n) is 5.25. The molecule has 0 aliphatic heterocycles. The number of hydrogen-bond acceptors (Lipinski definition) is 4. The summed E-state index contributed by atoms with van der Waals surface area (Å²) in [4.78, 5) is 26.1. The Kier molecular flexibility index (Phi) is 4.11. The van der Waals surface area contributed by atoms with Gasteiger partial charge in [-0.1, -0.05) is 20.8 Å². The van der Waals surface area contributed by atoms with E-state index < -0.39 is 17.9 Å². The molecule has 0 radical (unpaired) electrons. The minimum absolute atomic E-state index is 0.0443. The van der Waals surface area contributed by atoms with Crippen LogP contribution < -0.4 is 5.32 Å². The summed E-state index contributed by atoms with van der Waals surface area (Å²) in [5.74, 6) is -0.902. The van der Waals surface area contributed by atoms with Crippen LogP contribution in [0.1, 0.15) is 50.6 Å². The van der Waals surface area contributed by atoms with Crippen molar-refractivity contribution in [1.82, 2.24) is 10.3 Å². The van der Waals surface area contributed by atoms with Crippen molar-refractivity contribution in [3.63, 3.8) is 0 Å². The van der Waals surface area contributed by atoms with E-state index in [9.17, 15) is 9.59 Å². The predicted octanol–water partition coefficient (Wildman–Crippen LogP) is 1.57. The maximum atomic E-state index is 11.7. The van der Waals surface area contributed by atoms with Gasteiger partial charge in [0, 0.05) is 11.5 Å². The summed E-state index contributed by atoms with van der Waals surface area (Å²) in [5, 5.41) is 11.1. The second kappa shape index (κ2) is 5.20. The number of rotatable bonds is 4. The lowest BCUT2D eigenvalue weighted by Crippen LogP contribution is -2.34. The van der Waals surface area contributed by atoms with E-state index in [1.54, 1.807) is 6.92 Å². The summed E-state index contributed by atoms with van der Waals surface area (Å²) < 4.78 is 5.35. The molecule has 18 heavy (non-hydrogen) atoms. The molecule has 0 bridgehead atoms. The monoisotopic (exact) mass is 254 g/mol. The molecule has 0 aliphatic rings. The van der Waals surface area contributed by atoms with Gasteiger partial charge in [0.1, 0.15) is 5.76 Å². The third-order valence-electron chi connectivity index (χ3n) is 2.30. The van der Waals surface area contributed by atoms with Gasteiger partial charge >= 0.3 is 11.9 Å². The number of carboxylic acid groups (broad SMARTS) is 1. The SMILES string of the molecule is CC(CC(=O)O)NC(=O)c1ncc(C(C)(C)C)o1. The lowest BCUT2D eigenvalue weighted by molar-refractivity contribution is -0.137. The Bertz CT molecular complexity index is 445. The molecule has 0 saturated heterocycles. The van der Waals surface area contributed by atoms with Gasteiger partial charge in [0.2, 0.25) is 0 Å². The predicted molar refractivity (Wildman–Crippen MR) is 64.4 cm³/mol. The molecule has 1 heterocycles. The van der Waals surface area contributed by atoms with Gasteiger partial charge in [-0.15, -0.1) is 0 Å². The normalized spacial score (nSPS) is 13.1. The first-order chi connectivity index (χ1) is 8.20. The molecule has 6 heteroatoms. The van der Waals surface area contributed by atoms with Gasteiger partial charge in [0.05, 0.1) is 12.6 Å². The summed E-state index contributed by atoms with van der Waals surface area (Å²) in [6.07, 6.45) is 1.37. The van der Waals surface area contributed by atoms with Crippen molar-refractivity contribution < 1.29 is 19.1 Å². The standard InChI is InChI=1S/C12H18N2O4/c1-7(5-9(15)16)14-10(17)11-13-6-8(18-11)12(2,3)4/h6-7H,5H2,1-4H3,(H,14,17)(H,15,16). The molecule has 2 N–H and O–H groups in total. The molecule has 1 atom stereocenters. The van der Waals surface area contributed by atoms with Gasteiger partial charge in [-0.2, -0.15) is 0 Å². The zero-order valence-corrected chi connectivity index (χ0v) is 11.0. The van der Waals surface area contributed by atoms with Crippen molar-refractivity contribution in [3.8, 4) is 0 Å². The average Bonchev–Trinajstić information content (AvgIpc) is 2.63. The average molecular weight is 254 g/mol. The number of carboxylic acids is 1. The van der Waals surface area contributed by atoms with Crippen LogP contribution in [-0.4, -0.2) is 28.0 Å². The van der Waals surface area contributed by atoms with E-state index in [-0.39, 0.29) is 17.7 Å². The third-order valence-corrected chi connectivity index (χ3v) is 2.30. The number of aliphatic carboxylic acids is 1. The molecule has 1 rings (SSSR count). The van der Waals surface area contributed by atoms with Gasteiger partial charge in [0.25, 0.3) is 5.89 Å². The fraction of sp³-hybridized carbons (Fsp3) is 0.583. The first-order valence-corrected chi connectivity index (χ1v) is 5.69. The van der Waals surface area contributed by atoms with Gasteiger partial charge in [-0.25, -0.2) is 4.98 Å². The molecular weight excluding hydrogens is 236 g/mol. The van der Waals surface area contributed by atoms with Gasteiger partial charge in [-0.3, -0.25) is 9.59 Å². The Balaban J connectivity index is 2.68. The molecule has 0 aromatic carbocycles. The number of nitrogens with one attached hydrogen (secondary N) is 1. The lowest BCUT2D eigenvalue weighted by atomic mass is 9.94. The van der Waals surface area contributed by atoms with Crippen LogP contribution in [0.25, 0.3) is 0 Å². The molecular formula is C12H18N2O4. The van der Waals surface area contributed by atoms with Crippen LogP contribution in [-0.2, 0) is 10.2 Å². The van der Waals surface area contributed by atoms with Crippen LogP contribution >= 0.6 is 0 Å². The molecule has 0 fully saturated rings. The zero-order valence-electron chi connectivity index (χ0n) is 11.0. The number of hydrogen-bond donors (Lipinski definition) is 2.